The highest BCUT2D eigenvalue weighted by Gasteiger charge is 2.17. The molecule has 19 heavy (non-hydrogen) atoms. The zero-order chi connectivity index (χ0) is 14.3. The maximum absolute atomic E-state index is 12.6. The lowest BCUT2D eigenvalue weighted by Crippen LogP contribution is -2.35. The highest BCUT2D eigenvalue weighted by molar-refractivity contribution is 4.68. The fourth-order valence-electron chi connectivity index (χ4n) is 2.43. The van der Waals surface area contributed by atoms with Crippen LogP contribution in [0.4, 0.5) is 8.78 Å². The number of unbranched alkanes of at least 4 members (excludes halogenated alkanes) is 9. The van der Waals surface area contributed by atoms with Crippen LogP contribution in [0.3, 0.4) is 0 Å². The smallest absolute Gasteiger partial charge is 0.253 e. The second-order valence-electron chi connectivity index (χ2n) is 5.47. The van der Waals surface area contributed by atoms with Crippen molar-refractivity contribution in [3.8, 4) is 0 Å². The van der Waals surface area contributed by atoms with E-state index in [-0.39, 0.29) is 0 Å². The first-order valence-corrected chi connectivity index (χ1v) is 8.23. The van der Waals surface area contributed by atoms with Crippen molar-refractivity contribution >= 4 is 0 Å². The first kappa shape index (κ1) is 18.8. The van der Waals surface area contributed by atoms with Gasteiger partial charge in [0.2, 0.25) is 0 Å². The van der Waals surface area contributed by atoms with E-state index < -0.39 is 12.5 Å². The molecular formula is C16H33F2N. The van der Waals surface area contributed by atoms with Crippen LogP contribution in [-0.2, 0) is 0 Å². The molecule has 0 aromatic rings. The van der Waals surface area contributed by atoms with Crippen molar-refractivity contribution < 1.29 is 8.78 Å². The zero-order valence-electron chi connectivity index (χ0n) is 12.9. The Morgan fingerprint density at radius 1 is 0.737 bits per heavy atom. The van der Waals surface area contributed by atoms with Crippen molar-refractivity contribution in [1.29, 1.82) is 0 Å². The van der Waals surface area contributed by atoms with Crippen molar-refractivity contribution in [3.05, 3.63) is 0 Å². The Hall–Kier alpha value is -0.180. The normalized spacial score (nSPS) is 13.1. The van der Waals surface area contributed by atoms with E-state index in [0.717, 1.165) is 12.8 Å². The largest absolute Gasteiger partial charge is 0.309 e. The molecule has 0 saturated heterocycles. The van der Waals surface area contributed by atoms with Crippen LogP contribution in [0.1, 0.15) is 84.5 Å². The predicted molar refractivity (Wildman–Crippen MR) is 79.9 cm³/mol. The van der Waals surface area contributed by atoms with Gasteiger partial charge in [-0.05, 0) is 13.0 Å². The molecule has 0 aliphatic rings. The van der Waals surface area contributed by atoms with Gasteiger partial charge in [-0.1, -0.05) is 78.1 Å². The molecule has 0 aliphatic carbocycles. The Kier molecular flexibility index (Phi) is 14.1. The van der Waals surface area contributed by atoms with Crippen LogP contribution in [0.15, 0.2) is 0 Å². The summed E-state index contributed by atoms with van der Waals surface area (Å²) in [5, 5.41) is 2.86. The maximum atomic E-state index is 12.6. The Morgan fingerprint density at radius 2 is 1.21 bits per heavy atom. The van der Waals surface area contributed by atoms with Crippen LogP contribution in [-0.4, -0.2) is 19.0 Å². The molecule has 3 heteroatoms. The van der Waals surface area contributed by atoms with Crippen LogP contribution in [0.5, 0.6) is 0 Å². The molecule has 0 aromatic carbocycles. The van der Waals surface area contributed by atoms with Gasteiger partial charge in [-0.3, -0.25) is 0 Å². The molecule has 0 amide bonds. The van der Waals surface area contributed by atoms with E-state index in [0.29, 0.717) is 13.0 Å². The minimum absolute atomic E-state index is 0.598. The predicted octanol–water partition coefficient (Wildman–Crippen LogP) is 5.54. The van der Waals surface area contributed by atoms with E-state index in [1.54, 1.807) is 0 Å². The summed E-state index contributed by atoms with van der Waals surface area (Å²) < 4.78 is 25.2. The molecule has 0 fully saturated rings. The lowest BCUT2D eigenvalue weighted by Gasteiger charge is -2.16. The average Bonchev–Trinajstić information content (AvgIpc) is 2.39. The molecule has 1 N–H and O–H groups in total. The van der Waals surface area contributed by atoms with Crippen molar-refractivity contribution in [1.82, 2.24) is 5.32 Å². The van der Waals surface area contributed by atoms with Gasteiger partial charge in [-0.15, -0.1) is 0 Å². The number of rotatable bonds is 14. The van der Waals surface area contributed by atoms with Gasteiger partial charge < -0.3 is 5.32 Å². The third-order valence-electron chi connectivity index (χ3n) is 3.64. The Bertz CT molecular complexity index is 174. The minimum Gasteiger partial charge on any atom is -0.309 e. The Labute approximate surface area is 118 Å². The summed E-state index contributed by atoms with van der Waals surface area (Å²) in [5.41, 5.74) is 0. The van der Waals surface area contributed by atoms with Crippen LogP contribution < -0.4 is 5.32 Å². The average molecular weight is 277 g/mol. The number of nitrogens with one attached hydrogen (secondary N) is 1. The molecule has 1 unspecified atom stereocenters. The number of hydrogen-bond acceptors (Lipinski definition) is 1. The van der Waals surface area contributed by atoms with Crippen LogP contribution in [0.2, 0.25) is 0 Å². The quantitative estimate of drug-likeness (QED) is 0.411. The standard InChI is InChI=1S/C16H33F2N/c1-3-5-6-7-8-9-10-11-12-13-14-15(16(17)18)19-4-2/h15-16,19H,3-14H2,1-2H3. The molecular weight excluding hydrogens is 244 g/mol. The van der Waals surface area contributed by atoms with E-state index in [2.05, 4.69) is 12.2 Å². The summed E-state index contributed by atoms with van der Waals surface area (Å²) in [7, 11) is 0. The molecule has 116 valence electrons. The molecule has 0 aliphatic heterocycles. The molecule has 1 atom stereocenters. The van der Waals surface area contributed by atoms with Crippen molar-refractivity contribution in [3.63, 3.8) is 0 Å². The van der Waals surface area contributed by atoms with E-state index >= 15 is 0 Å². The zero-order valence-corrected chi connectivity index (χ0v) is 12.9. The minimum atomic E-state index is -2.22. The first-order chi connectivity index (χ1) is 9.22. The van der Waals surface area contributed by atoms with Crippen LogP contribution in [0, 0.1) is 0 Å². The van der Waals surface area contributed by atoms with Crippen molar-refractivity contribution in [2.45, 2.75) is 96.9 Å². The monoisotopic (exact) mass is 277 g/mol. The summed E-state index contributed by atoms with van der Waals surface area (Å²) in [6, 6.07) is -0.598. The van der Waals surface area contributed by atoms with Gasteiger partial charge in [0.25, 0.3) is 6.43 Å². The molecule has 1 nitrogen and oxygen atoms in total. The first-order valence-electron chi connectivity index (χ1n) is 8.23. The molecule has 0 radical (unpaired) electrons. The molecule has 0 spiro atoms. The summed E-state index contributed by atoms with van der Waals surface area (Å²) in [6.45, 7) is 4.75. The maximum Gasteiger partial charge on any atom is 0.253 e. The van der Waals surface area contributed by atoms with E-state index in [9.17, 15) is 8.78 Å². The highest BCUT2D eigenvalue weighted by atomic mass is 19.3. The fraction of sp³-hybridized carbons (Fsp3) is 1.00. The Balaban J connectivity index is 3.25. The van der Waals surface area contributed by atoms with Gasteiger partial charge in [-0.2, -0.15) is 0 Å². The summed E-state index contributed by atoms with van der Waals surface area (Å²) >= 11 is 0. The second-order valence-corrected chi connectivity index (χ2v) is 5.47. The van der Waals surface area contributed by atoms with Gasteiger partial charge in [0.05, 0.1) is 6.04 Å². The van der Waals surface area contributed by atoms with E-state index in [4.69, 9.17) is 0 Å². The highest BCUT2D eigenvalue weighted by Crippen LogP contribution is 2.14. The summed E-state index contributed by atoms with van der Waals surface area (Å²) in [5.74, 6) is 0. The Morgan fingerprint density at radius 3 is 1.63 bits per heavy atom. The number of hydrogen-bond donors (Lipinski definition) is 1. The number of alkyl halides is 2. The van der Waals surface area contributed by atoms with Gasteiger partial charge in [-0.25, -0.2) is 8.78 Å². The van der Waals surface area contributed by atoms with Gasteiger partial charge in [0.1, 0.15) is 0 Å². The summed E-state index contributed by atoms with van der Waals surface area (Å²) in [6.07, 6.45) is 10.9. The van der Waals surface area contributed by atoms with E-state index in [1.165, 1.54) is 51.4 Å². The molecule has 0 bridgehead atoms. The van der Waals surface area contributed by atoms with Crippen molar-refractivity contribution in [2.24, 2.45) is 0 Å². The second kappa shape index (κ2) is 14.2. The third-order valence-corrected chi connectivity index (χ3v) is 3.64. The van der Waals surface area contributed by atoms with Crippen LogP contribution >= 0.6 is 0 Å². The number of halogens is 2. The molecule has 0 rings (SSSR count). The van der Waals surface area contributed by atoms with Gasteiger partial charge >= 0.3 is 0 Å². The molecule has 0 heterocycles. The fourth-order valence-corrected chi connectivity index (χ4v) is 2.43. The topological polar surface area (TPSA) is 12.0 Å². The van der Waals surface area contributed by atoms with Crippen LogP contribution in [0.25, 0.3) is 0 Å². The lowest BCUT2D eigenvalue weighted by molar-refractivity contribution is 0.0936. The lowest BCUT2D eigenvalue weighted by atomic mass is 10.0. The van der Waals surface area contributed by atoms with Crippen molar-refractivity contribution in [2.75, 3.05) is 6.54 Å². The SMILES string of the molecule is CCCCCCCCCCCCC(NCC)C(F)F. The van der Waals surface area contributed by atoms with Gasteiger partial charge in [0, 0.05) is 0 Å². The summed E-state index contributed by atoms with van der Waals surface area (Å²) in [4.78, 5) is 0. The van der Waals surface area contributed by atoms with Gasteiger partial charge in [0.15, 0.2) is 0 Å². The molecule has 0 aromatic heterocycles. The third kappa shape index (κ3) is 12.6. The molecule has 0 saturated carbocycles. The van der Waals surface area contributed by atoms with E-state index in [1.807, 2.05) is 6.92 Å².